The highest BCUT2D eigenvalue weighted by atomic mass is 32.2. The number of carboxylic acids is 1. The lowest BCUT2D eigenvalue weighted by Crippen LogP contribution is -2.17. The fraction of sp³-hybridized carbons (Fsp3) is 0. The summed E-state index contributed by atoms with van der Waals surface area (Å²) in [5.74, 6) is -1.44. The first-order valence-electron chi connectivity index (χ1n) is 4.64. The molecule has 86 valence electrons. The van der Waals surface area contributed by atoms with Gasteiger partial charge in [0.1, 0.15) is 0 Å². The van der Waals surface area contributed by atoms with Crippen LogP contribution in [0.3, 0.4) is 0 Å². The monoisotopic (exact) mass is 249 g/mol. The Morgan fingerprint density at radius 3 is 2.35 bits per heavy atom. The molecule has 1 fully saturated rings. The molecule has 1 aliphatic heterocycles. The molecule has 2 N–H and O–H groups in total. The van der Waals surface area contributed by atoms with E-state index in [1.54, 1.807) is 12.1 Å². The molecule has 17 heavy (non-hydrogen) atoms. The molecule has 2 rings (SSSR count). The van der Waals surface area contributed by atoms with Crippen LogP contribution in [0.5, 0.6) is 0 Å². The van der Waals surface area contributed by atoms with Crippen molar-refractivity contribution < 1.29 is 19.5 Å². The minimum atomic E-state index is -1.01. The molecule has 1 aromatic rings. The highest BCUT2D eigenvalue weighted by Crippen LogP contribution is 2.25. The van der Waals surface area contributed by atoms with Crippen LogP contribution in [0.15, 0.2) is 29.2 Å². The SMILES string of the molecule is O=C1NC(=O)/C(=C/c2ccc(C(=O)O)cc2)S1. The molecule has 0 saturated carbocycles. The Balaban J connectivity index is 2.24. The molecular weight excluding hydrogens is 242 g/mol. The predicted octanol–water partition coefficient (Wildman–Crippen LogP) is 1.71. The van der Waals surface area contributed by atoms with Crippen LogP contribution in [0, 0.1) is 0 Å². The summed E-state index contributed by atoms with van der Waals surface area (Å²) in [6.45, 7) is 0. The van der Waals surface area contributed by atoms with E-state index in [2.05, 4.69) is 5.32 Å². The molecule has 0 bridgehead atoms. The van der Waals surface area contributed by atoms with E-state index in [9.17, 15) is 14.4 Å². The number of rotatable bonds is 2. The highest BCUT2D eigenvalue weighted by Gasteiger charge is 2.24. The maximum atomic E-state index is 11.2. The molecule has 0 aliphatic carbocycles. The number of hydrogen-bond acceptors (Lipinski definition) is 4. The van der Waals surface area contributed by atoms with Crippen molar-refractivity contribution in [1.29, 1.82) is 0 Å². The van der Waals surface area contributed by atoms with E-state index in [4.69, 9.17) is 5.11 Å². The molecular formula is C11H7NO4S. The van der Waals surface area contributed by atoms with Gasteiger partial charge in [0.15, 0.2) is 0 Å². The zero-order valence-electron chi connectivity index (χ0n) is 8.47. The third kappa shape index (κ3) is 2.54. The summed E-state index contributed by atoms with van der Waals surface area (Å²) in [6, 6.07) is 6.03. The first-order valence-corrected chi connectivity index (χ1v) is 5.46. The van der Waals surface area contributed by atoms with Crippen molar-refractivity contribution in [3.63, 3.8) is 0 Å². The van der Waals surface area contributed by atoms with Crippen LogP contribution in [0.4, 0.5) is 4.79 Å². The standard InChI is InChI=1S/C11H7NO4S/c13-9-8(17-11(16)12-9)5-6-1-3-7(4-2-6)10(14)15/h1-5H,(H,14,15)(H,12,13,16)/b8-5-. The van der Waals surface area contributed by atoms with Crippen molar-refractivity contribution in [2.24, 2.45) is 0 Å². The van der Waals surface area contributed by atoms with Gasteiger partial charge in [0.05, 0.1) is 10.5 Å². The van der Waals surface area contributed by atoms with Gasteiger partial charge in [0.25, 0.3) is 11.1 Å². The molecule has 0 spiro atoms. The second-order valence-corrected chi connectivity index (χ2v) is 4.29. The molecule has 0 unspecified atom stereocenters. The average Bonchev–Trinajstić information content (AvgIpc) is 2.58. The van der Waals surface area contributed by atoms with Gasteiger partial charge in [0, 0.05) is 0 Å². The molecule has 1 aliphatic rings. The Morgan fingerprint density at radius 2 is 1.88 bits per heavy atom. The second-order valence-electron chi connectivity index (χ2n) is 3.28. The summed E-state index contributed by atoms with van der Waals surface area (Å²) >= 11 is 0.824. The lowest BCUT2D eigenvalue weighted by Gasteiger charge is -1.96. The van der Waals surface area contributed by atoms with Crippen molar-refractivity contribution in [2.45, 2.75) is 0 Å². The van der Waals surface area contributed by atoms with Gasteiger partial charge < -0.3 is 5.11 Å². The lowest BCUT2D eigenvalue weighted by atomic mass is 10.1. The molecule has 1 saturated heterocycles. The Kier molecular flexibility index (Phi) is 2.97. The van der Waals surface area contributed by atoms with Crippen LogP contribution < -0.4 is 5.32 Å². The number of amides is 2. The fourth-order valence-corrected chi connectivity index (χ4v) is 1.98. The number of carbonyl (C=O) groups excluding carboxylic acids is 2. The normalized spacial score (nSPS) is 17.3. The quantitative estimate of drug-likeness (QED) is 0.779. The molecule has 0 radical (unpaired) electrons. The number of carboxylic acid groups (broad SMARTS) is 1. The highest BCUT2D eigenvalue weighted by molar-refractivity contribution is 8.18. The number of benzene rings is 1. The number of imide groups is 1. The van der Waals surface area contributed by atoms with E-state index in [1.165, 1.54) is 18.2 Å². The minimum Gasteiger partial charge on any atom is -0.478 e. The van der Waals surface area contributed by atoms with E-state index >= 15 is 0 Å². The van der Waals surface area contributed by atoms with E-state index in [0.717, 1.165) is 11.8 Å². The molecule has 0 aromatic heterocycles. The molecule has 6 heteroatoms. The number of nitrogens with one attached hydrogen (secondary N) is 1. The van der Waals surface area contributed by atoms with Gasteiger partial charge in [-0.05, 0) is 35.5 Å². The maximum Gasteiger partial charge on any atom is 0.335 e. The Morgan fingerprint density at radius 1 is 1.24 bits per heavy atom. The van der Waals surface area contributed by atoms with Crippen molar-refractivity contribution in [3.8, 4) is 0 Å². The van der Waals surface area contributed by atoms with Gasteiger partial charge in [-0.1, -0.05) is 12.1 Å². The third-order valence-electron chi connectivity index (χ3n) is 2.10. The van der Waals surface area contributed by atoms with E-state index in [-0.39, 0.29) is 5.56 Å². The van der Waals surface area contributed by atoms with Gasteiger partial charge in [-0.15, -0.1) is 0 Å². The smallest absolute Gasteiger partial charge is 0.335 e. The van der Waals surface area contributed by atoms with Crippen molar-refractivity contribution >= 4 is 35.0 Å². The Labute approximate surface area is 101 Å². The topological polar surface area (TPSA) is 83.5 Å². The summed E-state index contributed by atoms with van der Waals surface area (Å²) in [5.41, 5.74) is 0.842. The maximum absolute atomic E-state index is 11.2. The average molecular weight is 249 g/mol. The Hall–Kier alpha value is -2.08. The van der Waals surface area contributed by atoms with Crippen molar-refractivity contribution in [2.75, 3.05) is 0 Å². The number of hydrogen-bond donors (Lipinski definition) is 2. The summed E-state index contributed by atoms with van der Waals surface area (Å²) in [4.78, 5) is 33.1. The van der Waals surface area contributed by atoms with Crippen LogP contribution in [-0.2, 0) is 4.79 Å². The van der Waals surface area contributed by atoms with E-state index in [1.807, 2.05) is 0 Å². The lowest BCUT2D eigenvalue weighted by molar-refractivity contribution is -0.115. The van der Waals surface area contributed by atoms with Gasteiger partial charge in [0.2, 0.25) is 0 Å². The number of thioether (sulfide) groups is 1. The third-order valence-corrected chi connectivity index (χ3v) is 2.91. The van der Waals surface area contributed by atoms with E-state index in [0.29, 0.717) is 10.5 Å². The molecule has 1 aromatic carbocycles. The van der Waals surface area contributed by atoms with Gasteiger partial charge in [-0.25, -0.2) is 4.79 Å². The fourth-order valence-electron chi connectivity index (χ4n) is 1.29. The largest absolute Gasteiger partial charge is 0.478 e. The van der Waals surface area contributed by atoms with Crippen LogP contribution in [0.1, 0.15) is 15.9 Å². The number of carbonyl (C=O) groups is 3. The molecule has 1 heterocycles. The molecule has 5 nitrogen and oxygen atoms in total. The summed E-state index contributed by atoms with van der Waals surface area (Å²) in [5, 5.41) is 10.4. The summed E-state index contributed by atoms with van der Waals surface area (Å²) in [7, 11) is 0. The minimum absolute atomic E-state index is 0.173. The zero-order chi connectivity index (χ0) is 12.4. The van der Waals surface area contributed by atoms with Crippen LogP contribution in [-0.4, -0.2) is 22.2 Å². The first kappa shape index (κ1) is 11.4. The summed E-state index contributed by atoms with van der Waals surface area (Å²) in [6.07, 6.45) is 1.54. The number of aromatic carboxylic acids is 1. The van der Waals surface area contributed by atoms with Crippen LogP contribution in [0.2, 0.25) is 0 Å². The molecule has 2 amide bonds. The molecule has 0 atom stereocenters. The second kappa shape index (κ2) is 4.42. The zero-order valence-corrected chi connectivity index (χ0v) is 9.28. The van der Waals surface area contributed by atoms with E-state index < -0.39 is 17.1 Å². The predicted molar refractivity (Wildman–Crippen MR) is 62.5 cm³/mol. The Bertz CT molecular complexity index is 533. The van der Waals surface area contributed by atoms with Crippen LogP contribution in [0.25, 0.3) is 6.08 Å². The van der Waals surface area contributed by atoms with Gasteiger partial charge in [-0.3, -0.25) is 14.9 Å². The van der Waals surface area contributed by atoms with Crippen molar-refractivity contribution in [3.05, 3.63) is 40.3 Å². The van der Waals surface area contributed by atoms with Crippen LogP contribution >= 0.6 is 11.8 Å². The van der Waals surface area contributed by atoms with Gasteiger partial charge >= 0.3 is 5.97 Å². The van der Waals surface area contributed by atoms with Gasteiger partial charge in [-0.2, -0.15) is 0 Å². The summed E-state index contributed by atoms with van der Waals surface area (Å²) < 4.78 is 0. The van der Waals surface area contributed by atoms with Crippen molar-refractivity contribution in [1.82, 2.24) is 5.32 Å². The first-order chi connectivity index (χ1) is 8.06.